The molecule has 0 spiro atoms. The van der Waals surface area contributed by atoms with Gasteiger partial charge in [0, 0.05) is 49.7 Å². The maximum atomic E-state index is 12.7. The second kappa shape index (κ2) is 14.9. The number of rotatable bonds is 5. The van der Waals surface area contributed by atoms with Crippen molar-refractivity contribution >= 4 is 18.9 Å². The van der Waals surface area contributed by atoms with Gasteiger partial charge in [0.2, 0.25) is 0 Å². The number of carboxylic acid groups (broad SMARTS) is 2. The summed E-state index contributed by atoms with van der Waals surface area (Å²) >= 11 is 0. The van der Waals surface area contributed by atoms with E-state index in [-0.39, 0.29) is 18.9 Å². The Labute approximate surface area is 207 Å². The van der Waals surface area contributed by atoms with Gasteiger partial charge in [-0.05, 0) is 69.6 Å². The van der Waals surface area contributed by atoms with Crippen molar-refractivity contribution in [2.45, 2.75) is 44.3 Å². The third-order valence-corrected chi connectivity index (χ3v) is 6.31. The fraction of sp³-hybridized carbons (Fsp3) is 0.462. The smallest absolute Gasteiger partial charge is 0.290 e. The Morgan fingerprint density at radius 1 is 0.971 bits per heavy atom. The summed E-state index contributed by atoms with van der Waals surface area (Å²) < 4.78 is 0. The van der Waals surface area contributed by atoms with Crippen molar-refractivity contribution < 1.29 is 24.6 Å². The first-order valence-corrected chi connectivity index (χ1v) is 11.8. The summed E-state index contributed by atoms with van der Waals surface area (Å²) in [6.45, 7) is 3.35. The summed E-state index contributed by atoms with van der Waals surface area (Å²) in [4.78, 5) is 40.4. The molecule has 2 N–H and O–H groups in total. The third-order valence-electron chi connectivity index (χ3n) is 6.31. The average molecular weight is 485 g/mol. The van der Waals surface area contributed by atoms with Crippen molar-refractivity contribution in [2.24, 2.45) is 0 Å². The molecule has 0 aliphatic carbocycles. The molecule has 1 atom stereocenters. The molecule has 2 fully saturated rings. The molecule has 2 aliphatic heterocycles. The second-order valence-electron chi connectivity index (χ2n) is 8.85. The number of piperidine rings is 1. The van der Waals surface area contributed by atoms with Crippen LogP contribution in [-0.2, 0) is 16.1 Å². The van der Waals surface area contributed by atoms with Crippen LogP contribution in [0.2, 0.25) is 0 Å². The number of benzene rings is 1. The predicted octanol–water partition coefficient (Wildman–Crippen LogP) is 2.99. The fourth-order valence-electron chi connectivity index (χ4n) is 4.87. The highest BCUT2D eigenvalue weighted by Crippen LogP contribution is 2.36. The highest BCUT2D eigenvalue weighted by Gasteiger charge is 2.34. The summed E-state index contributed by atoms with van der Waals surface area (Å²) in [5, 5.41) is 13.8. The zero-order chi connectivity index (χ0) is 25.6. The number of hydrogen-bond donors (Lipinski definition) is 2. The molecule has 0 saturated carbocycles. The molecule has 3 heterocycles. The lowest BCUT2D eigenvalue weighted by Gasteiger charge is -2.39. The van der Waals surface area contributed by atoms with Crippen molar-refractivity contribution in [2.75, 3.05) is 33.7 Å². The predicted molar refractivity (Wildman–Crippen MR) is 133 cm³/mol. The Hall–Kier alpha value is -3.30. The van der Waals surface area contributed by atoms with Gasteiger partial charge in [-0.25, -0.2) is 0 Å². The topological polar surface area (TPSA) is 114 Å². The molecular weight excluding hydrogens is 448 g/mol. The SMILES string of the molecule is CN(C)Cc1ccc(C2CCCN2C2CCN(C(=O)c3ccncc3)CC2)cc1.O=CO.O=CO. The van der Waals surface area contributed by atoms with E-state index in [9.17, 15) is 4.79 Å². The van der Waals surface area contributed by atoms with E-state index in [1.54, 1.807) is 12.4 Å². The van der Waals surface area contributed by atoms with Crippen molar-refractivity contribution in [1.29, 1.82) is 0 Å². The molecule has 2 aromatic rings. The molecule has 1 amide bonds. The zero-order valence-electron chi connectivity index (χ0n) is 20.5. The minimum absolute atomic E-state index is 0.139. The molecule has 9 heteroatoms. The molecular formula is C26H36N4O5. The van der Waals surface area contributed by atoms with Crippen LogP contribution in [0.4, 0.5) is 0 Å². The normalized spacial score (nSPS) is 18.1. The Morgan fingerprint density at radius 3 is 2.09 bits per heavy atom. The number of pyridine rings is 1. The van der Waals surface area contributed by atoms with Gasteiger partial charge >= 0.3 is 0 Å². The van der Waals surface area contributed by atoms with Crippen LogP contribution in [-0.4, -0.2) is 88.5 Å². The van der Waals surface area contributed by atoms with E-state index in [4.69, 9.17) is 19.8 Å². The van der Waals surface area contributed by atoms with Gasteiger partial charge in [0.15, 0.2) is 0 Å². The average Bonchev–Trinajstić information content (AvgIpc) is 3.35. The van der Waals surface area contributed by atoms with Crippen LogP contribution < -0.4 is 0 Å². The van der Waals surface area contributed by atoms with Crippen LogP contribution in [0.3, 0.4) is 0 Å². The van der Waals surface area contributed by atoms with Gasteiger partial charge in [-0.15, -0.1) is 0 Å². The van der Waals surface area contributed by atoms with Gasteiger partial charge in [-0.2, -0.15) is 0 Å². The number of aromatic nitrogens is 1. The lowest BCUT2D eigenvalue weighted by atomic mass is 9.97. The lowest BCUT2D eigenvalue weighted by Crippen LogP contribution is -2.46. The fourth-order valence-corrected chi connectivity index (χ4v) is 4.87. The van der Waals surface area contributed by atoms with Crippen LogP contribution in [0.1, 0.15) is 53.2 Å². The van der Waals surface area contributed by atoms with Gasteiger partial charge in [-0.3, -0.25) is 24.3 Å². The molecule has 0 bridgehead atoms. The lowest BCUT2D eigenvalue weighted by molar-refractivity contribution is -0.123. The molecule has 190 valence electrons. The number of likely N-dealkylation sites (tertiary alicyclic amines) is 2. The van der Waals surface area contributed by atoms with E-state index in [0.717, 1.165) is 38.0 Å². The van der Waals surface area contributed by atoms with Crippen molar-refractivity contribution in [1.82, 2.24) is 19.7 Å². The molecule has 1 aromatic carbocycles. The van der Waals surface area contributed by atoms with E-state index < -0.39 is 0 Å². The summed E-state index contributed by atoms with van der Waals surface area (Å²) in [6, 6.07) is 13.9. The number of hydrogen-bond acceptors (Lipinski definition) is 6. The summed E-state index contributed by atoms with van der Waals surface area (Å²) in [5.74, 6) is 0.139. The number of nitrogens with zero attached hydrogens (tertiary/aromatic N) is 4. The van der Waals surface area contributed by atoms with E-state index >= 15 is 0 Å². The summed E-state index contributed by atoms with van der Waals surface area (Å²) in [6.07, 6.45) is 8.01. The first kappa shape index (κ1) is 27.9. The molecule has 2 saturated heterocycles. The first-order chi connectivity index (χ1) is 16.9. The number of carbonyl (C=O) groups excluding carboxylic acids is 1. The monoisotopic (exact) mass is 484 g/mol. The van der Waals surface area contributed by atoms with E-state index in [0.29, 0.717) is 12.1 Å². The Kier molecular flexibility index (Phi) is 11.9. The molecule has 1 aromatic heterocycles. The van der Waals surface area contributed by atoms with Gasteiger partial charge in [0.05, 0.1) is 0 Å². The minimum atomic E-state index is -0.250. The van der Waals surface area contributed by atoms with Crippen LogP contribution >= 0.6 is 0 Å². The quantitative estimate of drug-likeness (QED) is 0.623. The third kappa shape index (κ3) is 8.45. The Morgan fingerprint density at radius 2 is 1.54 bits per heavy atom. The van der Waals surface area contributed by atoms with Gasteiger partial charge in [0.25, 0.3) is 18.9 Å². The molecule has 35 heavy (non-hydrogen) atoms. The Balaban J connectivity index is 0.000000655. The largest absolute Gasteiger partial charge is 0.483 e. The van der Waals surface area contributed by atoms with Crippen LogP contribution in [0.25, 0.3) is 0 Å². The number of carbonyl (C=O) groups is 3. The molecule has 1 unspecified atom stereocenters. The molecule has 0 radical (unpaired) electrons. The highest BCUT2D eigenvalue weighted by atomic mass is 16.3. The van der Waals surface area contributed by atoms with E-state index in [2.05, 4.69) is 53.1 Å². The van der Waals surface area contributed by atoms with Crippen molar-refractivity contribution in [3.05, 3.63) is 65.5 Å². The molecule has 4 rings (SSSR count). The second-order valence-corrected chi connectivity index (χ2v) is 8.85. The summed E-state index contributed by atoms with van der Waals surface area (Å²) in [5.41, 5.74) is 3.56. The summed E-state index contributed by atoms with van der Waals surface area (Å²) in [7, 11) is 4.22. The Bertz CT molecular complexity index is 894. The standard InChI is InChI=1S/C24H32N4O.2CH2O2/c1-26(2)18-19-5-7-20(8-6-19)23-4-3-15-28(23)22-11-16-27(17-12-22)24(29)21-9-13-25-14-10-21;2*2-1-3/h5-10,13-14,22-23H,3-4,11-12,15-18H2,1-2H3;2*1H,(H,2,3). The van der Waals surface area contributed by atoms with Crippen molar-refractivity contribution in [3.63, 3.8) is 0 Å². The van der Waals surface area contributed by atoms with Gasteiger partial charge in [0.1, 0.15) is 0 Å². The van der Waals surface area contributed by atoms with Gasteiger partial charge < -0.3 is 20.0 Å². The maximum Gasteiger partial charge on any atom is 0.290 e. The van der Waals surface area contributed by atoms with E-state index in [1.807, 2.05) is 17.0 Å². The maximum absolute atomic E-state index is 12.7. The zero-order valence-corrected chi connectivity index (χ0v) is 20.5. The number of amides is 1. The minimum Gasteiger partial charge on any atom is -0.483 e. The molecule has 9 nitrogen and oxygen atoms in total. The van der Waals surface area contributed by atoms with Crippen LogP contribution in [0, 0.1) is 0 Å². The van der Waals surface area contributed by atoms with Gasteiger partial charge in [-0.1, -0.05) is 24.3 Å². The van der Waals surface area contributed by atoms with Crippen LogP contribution in [0.15, 0.2) is 48.8 Å². The van der Waals surface area contributed by atoms with E-state index in [1.165, 1.54) is 30.5 Å². The highest BCUT2D eigenvalue weighted by molar-refractivity contribution is 5.94. The first-order valence-electron chi connectivity index (χ1n) is 11.8. The molecule has 2 aliphatic rings. The van der Waals surface area contributed by atoms with Crippen LogP contribution in [0.5, 0.6) is 0 Å². The van der Waals surface area contributed by atoms with Crippen molar-refractivity contribution in [3.8, 4) is 0 Å².